The fraction of sp³-hybridized carbons (Fsp3) is 0.133. The average Bonchev–Trinajstić information content (AvgIpc) is 2.49. The van der Waals surface area contributed by atoms with Crippen LogP contribution in [0.25, 0.3) is 0 Å². The summed E-state index contributed by atoms with van der Waals surface area (Å²) in [5, 5.41) is 2.24. The summed E-state index contributed by atoms with van der Waals surface area (Å²) in [5.74, 6) is -3.05. The number of hydrogen-bond donors (Lipinski definition) is 1. The predicted molar refractivity (Wildman–Crippen MR) is 75.6 cm³/mol. The van der Waals surface area contributed by atoms with Gasteiger partial charge in [0, 0.05) is 6.54 Å². The van der Waals surface area contributed by atoms with Gasteiger partial charge in [-0.2, -0.15) is 8.78 Å². The highest BCUT2D eigenvalue weighted by molar-refractivity contribution is 6.33. The molecule has 2 aromatic carbocycles. The van der Waals surface area contributed by atoms with Crippen LogP contribution in [-0.2, 0) is 6.54 Å². The Kier molecular flexibility index (Phi) is 5.44. The minimum absolute atomic E-state index is 0.0151. The number of ether oxygens (including phenoxy) is 1. The van der Waals surface area contributed by atoms with E-state index in [2.05, 4.69) is 10.1 Å². The van der Waals surface area contributed by atoms with Gasteiger partial charge in [0.1, 0.15) is 5.75 Å². The maximum atomic E-state index is 13.1. The molecular weight excluding hydrogens is 338 g/mol. The monoisotopic (exact) mass is 347 g/mol. The molecule has 2 aromatic rings. The van der Waals surface area contributed by atoms with Gasteiger partial charge in [-0.25, -0.2) is 8.78 Å². The number of carbonyl (C=O) groups is 1. The van der Waals surface area contributed by atoms with Crippen molar-refractivity contribution in [3.63, 3.8) is 0 Å². The molecular formula is C15H10ClF4NO2. The van der Waals surface area contributed by atoms with E-state index in [4.69, 9.17) is 11.6 Å². The Bertz CT molecular complexity index is 707. The van der Waals surface area contributed by atoms with Crippen molar-refractivity contribution < 1.29 is 27.1 Å². The first-order valence-corrected chi connectivity index (χ1v) is 6.71. The van der Waals surface area contributed by atoms with E-state index in [1.54, 1.807) is 0 Å². The lowest BCUT2D eigenvalue weighted by atomic mass is 10.1. The zero-order chi connectivity index (χ0) is 17.0. The van der Waals surface area contributed by atoms with Gasteiger partial charge in [-0.05, 0) is 29.8 Å². The Labute approximate surface area is 133 Å². The largest absolute Gasteiger partial charge is 0.435 e. The van der Waals surface area contributed by atoms with Crippen LogP contribution in [0.5, 0.6) is 5.75 Å². The summed E-state index contributed by atoms with van der Waals surface area (Å²) in [7, 11) is 0. The van der Waals surface area contributed by atoms with E-state index in [0.717, 1.165) is 0 Å². The lowest BCUT2D eigenvalue weighted by Crippen LogP contribution is -2.23. The van der Waals surface area contributed by atoms with Crippen molar-refractivity contribution in [2.45, 2.75) is 13.2 Å². The van der Waals surface area contributed by atoms with Gasteiger partial charge in [0.05, 0.1) is 10.6 Å². The van der Waals surface area contributed by atoms with Gasteiger partial charge in [0.2, 0.25) is 0 Å². The zero-order valence-corrected chi connectivity index (χ0v) is 12.2. The van der Waals surface area contributed by atoms with E-state index in [-0.39, 0.29) is 22.9 Å². The third kappa shape index (κ3) is 4.59. The standard InChI is InChI=1S/C15H10ClF4NO2/c16-11-6-13(18)12(17)5-10(11)14(22)21-7-8-1-3-9(4-2-8)23-15(19)20/h1-6,15H,7H2,(H,21,22). The van der Waals surface area contributed by atoms with Gasteiger partial charge < -0.3 is 10.1 Å². The van der Waals surface area contributed by atoms with Crippen LogP contribution in [0.3, 0.4) is 0 Å². The van der Waals surface area contributed by atoms with E-state index in [9.17, 15) is 22.4 Å². The lowest BCUT2D eigenvalue weighted by molar-refractivity contribution is -0.0498. The molecule has 1 amide bonds. The van der Waals surface area contributed by atoms with Crippen LogP contribution >= 0.6 is 11.6 Å². The number of benzene rings is 2. The summed E-state index contributed by atoms with van der Waals surface area (Å²) >= 11 is 5.69. The van der Waals surface area contributed by atoms with Crippen LogP contribution < -0.4 is 10.1 Å². The van der Waals surface area contributed by atoms with Crippen LogP contribution in [-0.4, -0.2) is 12.5 Å². The Morgan fingerprint density at radius 3 is 2.35 bits per heavy atom. The fourth-order valence-electron chi connectivity index (χ4n) is 1.76. The molecule has 0 radical (unpaired) electrons. The molecule has 0 atom stereocenters. The molecule has 3 nitrogen and oxygen atoms in total. The minimum Gasteiger partial charge on any atom is -0.435 e. The second kappa shape index (κ2) is 7.32. The molecule has 0 heterocycles. The number of hydrogen-bond acceptors (Lipinski definition) is 2. The molecule has 0 fully saturated rings. The Morgan fingerprint density at radius 2 is 1.74 bits per heavy atom. The summed E-state index contributed by atoms with van der Waals surface area (Å²) in [6, 6.07) is 7.00. The highest BCUT2D eigenvalue weighted by Crippen LogP contribution is 2.20. The van der Waals surface area contributed by atoms with Gasteiger partial charge in [-0.3, -0.25) is 4.79 Å². The van der Waals surface area contributed by atoms with Crippen molar-refractivity contribution in [2.75, 3.05) is 0 Å². The molecule has 1 N–H and O–H groups in total. The second-order valence-electron chi connectivity index (χ2n) is 4.45. The quantitative estimate of drug-likeness (QED) is 0.652. The van der Waals surface area contributed by atoms with Gasteiger partial charge in [-0.15, -0.1) is 0 Å². The molecule has 23 heavy (non-hydrogen) atoms. The summed E-state index contributed by atoms with van der Waals surface area (Å²) in [6.07, 6.45) is 0. The topological polar surface area (TPSA) is 38.3 Å². The third-order valence-corrected chi connectivity index (χ3v) is 3.17. The van der Waals surface area contributed by atoms with Gasteiger partial charge >= 0.3 is 6.61 Å². The van der Waals surface area contributed by atoms with Crippen molar-refractivity contribution in [1.82, 2.24) is 5.32 Å². The first kappa shape index (κ1) is 17.1. The van der Waals surface area contributed by atoms with Crippen molar-refractivity contribution in [3.05, 3.63) is 64.2 Å². The van der Waals surface area contributed by atoms with Crippen molar-refractivity contribution >= 4 is 17.5 Å². The molecule has 0 aliphatic rings. The highest BCUT2D eigenvalue weighted by atomic mass is 35.5. The molecule has 0 saturated carbocycles. The lowest BCUT2D eigenvalue weighted by Gasteiger charge is -2.09. The number of nitrogens with one attached hydrogen (secondary N) is 1. The summed E-state index contributed by atoms with van der Waals surface area (Å²) in [4.78, 5) is 11.9. The van der Waals surface area contributed by atoms with Crippen molar-refractivity contribution in [1.29, 1.82) is 0 Å². The third-order valence-electron chi connectivity index (χ3n) is 2.86. The summed E-state index contributed by atoms with van der Waals surface area (Å²) in [6.45, 7) is -2.88. The van der Waals surface area contributed by atoms with E-state index in [1.165, 1.54) is 24.3 Å². The molecule has 122 valence electrons. The molecule has 0 spiro atoms. The first-order chi connectivity index (χ1) is 10.9. The van der Waals surface area contributed by atoms with Crippen LogP contribution in [0.4, 0.5) is 17.6 Å². The molecule has 0 aromatic heterocycles. The molecule has 0 unspecified atom stereocenters. The smallest absolute Gasteiger partial charge is 0.387 e. The van der Waals surface area contributed by atoms with Gasteiger partial charge in [0.15, 0.2) is 11.6 Å². The molecule has 0 saturated heterocycles. The number of halogens is 5. The highest BCUT2D eigenvalue weighted by Gasteiger charge is 2.14. The van der Waals surface area contributed by atoms with Crippen LogP contribution in [0, 0.1) is 11.6 Å². The number of alkyl halides is 2. The second-order valence-corrected chi connectivity index (χ2v) is 4.86. The molecule has 0 bridgehead atoms. The Balaban J connectivity index is 2.00. The van der Waals surface area contributed by atoms with Crippen LogP contribution in [0.2, 0.25) is 5.02 Å². The van der Waals surface area contributed by atoms with Gasteiger partial charge in [-0.1, -0.05) is 23.7 Å². The number of rotatable bonds is 5. The van der Waals surface area contributed by atoms with Crippen LogP contribution in [0.15, 0.2) is 36.4 Å². The van der Waals surface area contributed by atoms with Gasteiger partial charge in [0.25, 0.3) is 5.91 Å². The van der Waals surface area contributed by atoms with Crippen molar-refractivity contribution in [2.24, 2.45) is 0 Å². The SMILES string of the molecule is O=C(NCc1ccc(OC(F)F)cc1)c1cc(F)c(F)cc1Cl. The van der Waals surface area contributed by atoms with Crippen molar-refractivity contribution in [3.8, 4) is 5.75 Å². The maximum Gasteiger partial charge on any atom is 0.387 e. The van der Waals surface area contributed by atoms with Crippen LogP contribution in [0.1, 0.15) is 15.9 Å². The summed E-state index contributed by atoms with van der Waals surface area (Å²) < 4.78 is 54.3. The Hall–Kier alpha value is -2.28. The zero-order valence-electron chi connectivity index (χ0n) is 11.5. The number of carbonyl (C=O) groups excluding carboxylic acids is 1. The van der Waals surface area contributed by atoms with E-state index in [1.807, 2.05) is 0 Å². The Morgan fingerprint density at radius 1 is 1.13 bits per heavy atom. The molecule has 8 heteroatoms. The average molecular weight is 348 g/mol. The minimum atomic E-state index is -2.92. The van der Waals surface area contributed by atoms with E-state index >= 15 is 0 Å². The molecule has 0 aliphatic heterocycles. The fourth-order valence-corrected chi connectivity index (χ4v) is 2.00. The summed E-state index contributed by atoms with van der Waals surface area (Å²) in [5.41, 5.74) is 0.391. The molecule has 2 rings (SSSR count). The van der Waals surface area contributed by atoms with E-state index in [0.29, 0.717) is 17.7 Å². The molecule has 0 aliphatic carbocycles. The predicted octanol–water partition coefficient (Wildman–Crippen LogP) is 4.15. The first-order valence-electron chi connectivity index (χ1n) is 6.33. The normalized spacial score (nSPS) is 10.7. The number of amides is 1. The maximum absolute atomic E-state index is 13.1. The van der Waals surface area contributed by atoms with E-state index < -0.39 is 24.2 Å².